The summed E-state index contributed by atoms with van der Waals surface area (Å²) in [6.07, 6.45) is 8.40. The molecule has 7 nitrogen and oxygen atoms in total. The largest absolute Gasteiger partial charge is 0.383 e. The highest BCUT2D eigenvalue weighted by atomic mass is 35.5. The lowest BCUT2D eigenvalue weighted by molar-refractivity contribution is 0.172. The maximum Gasteiger partial charge on any atom is 0.226 e. The fraction of sp³-hybridized carbons (Fsp3) is 0.400. The first-order valence-corrected chi connectivity index (χ1v) is 12.6. The fourth-order valence-corrected chi connectivity index (χ4v) is 5.96. The van der Waals surface area contributed by atoms with Gasteiger partial charge in [0.2, 0.25) is 5.28 Å². The molecule has 3 aromatic heterocycles. The summed E-state index contributed by atoms with van der Waals surface area (Å²) in [6.45, 7) is 3.48. The number of benzene rings is 1. The highest BCUT2D eigenvalue weighted by molar-refractivity contribution is 6.33. The zero-order valence-electron chi connectivity index (χ0n) is 19.1. The summed E-state index contributed by atoms with van der Waals surface area (Å²) >= 11 is 12.7. The van der Waals surface area contributed by atoms with Gasteiger partial charge in [0, 0.05) is 37.6 Å². The third-order valence-electron chi connectivity index (χ3n) is 7.29. The Balaban J connectivity index is 1.34. The van der Waals surface area contributed by atoms with E-state index in [0.29, 0.717) is 22.5 Å². The second-order valence-corrected chi connectivity index (χ2v) is 10.3. The molecule has 2 aliphatic rings. The number of fused-ring (bicyclic) bond motifs is 1. The predicted molar refractivity (Wildman–Crippen MR) is 136 cm³/mol. The molecule has 1 aliphatic carbocycles. The lowest BCUT2D eigenvalue weighted by Crippen LogP contribution is -2.36. The van der Waals surface area contributed by atoms with E-state index in [1.807, 2.05) is 7.05 Å². The molecule has 2 fully saturated rings. The molecule has 4 aromatic rings. The Hall–Kier alpha value is -2.61. The maximum absolute atomic E-state index is 6.50. The van der Waals surface area contributed by atoms with Crippen molar-refractivity contribution in [2.45, 2.75) is 44.2 Å². The molecule has 0 radical (unpaired) electrons. The van der Waals surface area contributed by atoms with Crippen molar-refractivity contribution >= 4 is 40.1 Å². The Morgan fingerprint density at radius 3 is 2.71 bits per heavy atom. The Morgan fingerprint density at radius 2 is 1.97 bits per heavy atom. The van der Waals surface area contributed by atoms with E-state index >= 15 is 0 Å². The average Bonchev–Trinajstić information content (AvgIpc) is 3.47. The van der Waals surface area contributed by atoms with Crippen molar-refractivity contribution < 1.29 is 0 Å². The van der Waals surface area contributed by atoms with Gasteiger partial charge in [0.15, 0.2) is 0 Å². The molecule has 1 aromatic carbocycles. The Labute approximate surface area is 208 Å². The van der Waals surface area contributed by atoms with Gasteiger partial charge < -0.3 is 10.3 Å². The van der Waals surface area contributed by atoms with Crippen LogP contribution in [0.15, 0.2) is 36.7 Å². The van der Waals surface area contributed by atoms with Crippen molar-refractivity contribution in [3.05, 3.63) is 58.1 Å². The SMILES string of the molecule is Cn1cc(Cl)c(-c2cn(C3CCC(c4cccc(CN5CCC5)c4)C3)c3nc(Cl)nc(N)c23)n1. The van der Waals surface area contributed by atoms with E-state index in [4.69, 9.17) is 28.9 Å². The highest BCUT2D eigenvalue weighted by Crippen LogP contribution is 2.45. The normalized spacial score (nSPS) is 20.8. The predicted octanol–water partition coefficient (Wildman–Crippen LogP) is 5.44. The van der Waals surface area contributed by atoms with Gasteiger partial charge in [0.05, 0.1) is 10.4 Å². The van der Waals surface area contributed by atoms with Crippen molar-refractivity contribution in [1.29, 1.82) is 0 Å². The molecule has 1 saturated carbocycles. The third kappa shape index (κ3) is 3.85. The van der Waals surface area contributed by atoms with Crippen LogP contribution in [-0.4, -0.2) is 42.3 Å². The number of hydrogen-bond acceptors (Lipinski definition) is 5. The monoisotopic (exact) mass is 495 g/mol. The average molecular weight is 496 g/mol. The molecule has 0 bridgehead atoms. The number of aryl methyl sites for hydroxylation is 1. The first-order valence-electron chi connectivity index (χ1n) is 11.8. The van der Waals surface area contributed by atoms with E-state index < -0.39 is 0 Å². The molecule has 6 rings (SSSR count). The van der Waals surface area contributed by atoms with Crippen LogP contribution in [0.2, 0.25) is 10.3 Å². The van der Waals surface area contributed by atoms with E-state index in [1.54, 1.807) is 10.9 Å². The van der Waals surface area contributed by atoms with Crippen LogP contribution in [-0.2, 0) is 13.6 Å². The number of nitrogen functional groups attached to an aromatic ring is 1. The molecule has 1 saturated heterocycles. The van der Waals surface area contributed by atoms with Crippen molar-refractivity contribution in [3.63, 3.8) is 0 Å². The zero-order valence-corrected chi connectivity index (χ0v) is 20.6. The molecule has 2 unspecified atom stereocenters. The second kappa shape index (κ2) is 8.56. The zero-order chi connectivity index (χ0) is 23.4. The van der Waals surface area contributed by atoms with Gasteiger partial charge in [-0.3, -0.25) is 9.58 Å². The minimum absolute atomic E-state index is 0.149. The lowest BCUT2D eigenvalue weighted by atomic mass is 9.95. The number of hydrogen-bond donors (Lipinski definition) is 1. The van der Waals surface area contributed by atoms with Crippen LogP contribution in [0.3, 0.4) is 0 Å². The molecule has 2 atom stereocenters. The molecule has 176 valence electrons. The number of anilines is 1. The second-order valence-electron chi connectivity index (χ2n) is 9.56. The van der Waals surface area contributed by atoms with E-state index in [-0.39, 0.29) is 11.3 Å². The molecule has 2 N–H and O–H groups in total. The number of nitrogens with zero attached hydrogens (tertiary/aromatic N) is 6. The van der Waals surface area contributed by atoms with Gasteiger partial charge in [-0.25, -0.2) is 4.98 Å². The standard InChI is InChI=1S/C25H27Cl2N7/c1-32-14-20(26)22(31-32)19-13-34(24-21(19)23(28)29-25(27)30-24)18-7-6-17(11-18)16-5-2-4-15(10-16)12-33-8-3-9-33/h2,4-5,10,13-14,17-18H,3,6-9,11-12H2,1H3,(H2,28,29,30). The maximum atomic E-state index is 6.50. The van der Waals surface area contributed by atoms with Gasteiger partial charge in [-0.1, -0.05) is 35.9 Å². The summed E-state index contributed by atoms with van der Waals surface area (Å²) in [6, 6.07) is 9.41. The molecular weight excluding hydrogens is 469 g/mol. The van der Waals surface area contributed by atoms with Crippen LogP contribution < -0.4 is 5.73 Å². The number of halogens is 2. The van der Waals surface area contributed by atoms with Crippen molar-refractivity contribution in [2.24, 2.45) is 7.05 Å². The highest BCUT2D eigenvalue weighted by Gasteiger charge is 2.31. The smallest absolute Gasteiger partial charge is 0.226 e. The van der Waals surface area contributed by atoms with E-state index in [2.05, 4.69) is 55.0 Å². The molecule has 9 heteroatoms. The van der Waals surface area contributed by atoms with Crippen LogP contribution in [0.25, 0.3) is 22.3 Å². The van der Waals surface area contributed by atoms with E-state index in [0.717, 1.165) is 42.4 Å². The number of aromatic nitrogens is 5. The van der Waals surface area contributed by atoms with Crippen molar-refractivity contribution in [3.8, 4) is 11.3 Å². The molecule has 1 aliphatic heterocycles. The van der Waals surface area contributed by atoms with Gasteiger partial charge in [-0.2, -0.15) is 10.1 Å². The summed E-state index contributed by atoms with van der Waals surface area (Å²) in [4.78, 5) is 11.3. The summed E-state index contributed by atoms with van der Waals surface area (Å²) in [5.41, 5.74) is 11.4. The summed E-state index contributed by atoms with van der Waals surface area (Å²) in [5, 5.41) is 6.04. The first kappa shape index (κ1) is 21.9. The van der Waals surface area contributed by atoms with Crippen LogP contribution in [0.5, 0.6) is 0 Å². The number of nitrogens with two attached hydrogens (primary N) is 1. The quantitative estimate of drug-likeness (QED) is 0.373. The van der Waals surface area contributed by atoms with Crippen LogP contribution in [0.1, 0.15) is 48.8 Å². The number of rotatable bonds is 5. The van der Waals surface area contributed by atoms with E-state index in [9.17, 15) is 0 Å². The van der Waals surface area contributed by atoms with Crippen LogP contribution >= 0.6 is 23.2 Å². The number of likely N-dealkylation sites (tertiary alicyclic amines) is 1. The van der Waals surface area contributed by atoms with E-state index in [1.165, 1.54) is 30.6 Å². The Kier molecular flexibility index (Phi) is 5.51. The third-order valence-corrected chi connectivity index (χ3v) is 7.73. The van der Waals surface area contributed by atoms with Gasteiger partial charge >= 0.3 is 0 Å². The molecule has 4 heterocycles. The fourth-order valence-electron chi connectivity index (χ4n) is 5.50. The summed E-state index contributed by atoms with van der Waals surface area (Å²) < 4.78 is 3.91. The molecule has 0 amide bonds. The topological polar surface area (TPSA) is 77.8 Å². The lowest BCUT2D eigenvalue weighted by Gasteiger charge is -2.30. The molecular formula is C25H27Cl2N7. The molecule has 0 spiro atoms. The Bertz CT molecular complexity index is 1370. The minimum atomic E-state index is 0.149. The van der Waals surface area contributed by atoms with Crippen LogP contribution in [0, 0.1) is 0 Å². The van der Waals surface area contributed by atoms with Gasteiger partial charge in [-0.15, -0.1) is 0 Å². The van der Waals surface area contributed by atoms with Crippen molar-refractivity contribution in [2.75, 3.05) is 18.8 Å². The minimum Gasteiger partial charge on any atom is -0.383 e. The van der Waals surface area contributed by atoms with Gasteiger partial charge in [-0.05, 0) is 67.4 Å². The molecule has 34 heavy (non-hydrogen) atoms. The first-order chi connectivity index (χ1) is 16.5. The van der Waals surface area contributed by atoms with Gasteiger partial charge in [0.25, 0.3) is 0 Å². The van der Waals surface area contributed by atoms with Gasteiger partial charge in [0.1, 0.15) is 17.2 Å². The Morgan fingerprint density at radius 1 is 1.12 bits per heavy atom. The van der Waals surface area contributed by atoms with Crippen LogP contribution in [0.4, 0.5) is 5.82 Å². The summed E-state index contributed by atoms with van der Waals surface area (Å²) in [5.74, 6) is 0.856. The van der Waals surface area contributed by atoms with Crippen molar-refractivity contribution in [1.82, 2.24) is 29.2 Å². The summed E-state index contributed by atoms with van der Waals surface area (Å²) in [7, 11) is 1.85.